The van der Waals surface area contributed by atoms with Crippen molar-refractivity contribution in [2.75, 3.05) is 11.4 Å². The van der Waals surface area contributed by atoms with Gasteiger partial charge in [-0.3, -0.25) is 4.79 Å². The molecule has 0 radical (unpaired) electrons. The monoisotopic (exact) mass is 290 g/mol. The molecule has 0 aromatic heterocycles. The highest BCUT2D eigenvalue weighted by Gasteiger charge is 2.35. The molecule has 21 heavy (non-hydrogen) atoms. The van der Waals surface area contributed by atoms with E-state index in [2.05, 4.69) is 26.0 Å². The largest absolute Gasteiger partial charge is 0.478 e. The summed E-state index contributed by atoms with van der Waals surface area (Å²) < 4.78 is 5.84. The Bertz CT molecular complexity index is 532. The number of hydrogen-bond acceptors (Lipinski definition) is 3. The highest BCUT2D eigenvalue weighted by atomic mass is 16.5. The Labute approximate surface area is 127 Å². The molecule has 1 atom stereocenters. The van der Waals surface area contributed by atoms with Gasteiger partial charge in [-0.2, -0.15) is 0 Å². The van der Waals surface area contributed by atoms with Crippen molar-refractivity contribution in [2.24, 2.45) is 5.73 Å². The molecule has 1 unspecified atom stereocenters. The smallest absolute Gasteiger partial charge is 0.268 e. The van der Waals surface area contributed by atoms with Crippen LogP contribution in [0.15, 0.2) is 18.2 Å². The third-order valence-electron chi connectivity index (χ3n) is 3.69. The summed E-state index contributed by atoms with van der Waals surface area (Å²) in [6, 6.07) is 6.09. The Balaban J connectivity index is 2.47. The second-order valence-electron chi connectivity index (χ2n) is 6.81. The van der Waals surface area contributed by atoms with Gasteiger partial charge < -0.3 is 15.4 Å². The van der Waals surface area contributed by atoms with Crippen molar-refractivity contribution in [3.63, 3.8) is 0 Å². The van der Waals surface area contributed by atoms with Crippen LogP contribution >= 0.6 is 0 Å². The topological polar surface area (TPSA) is 55.6 Å². The van der Waals surface area contributed by atoms with E-state index >= 15 is 0 Å². The second kappa shape index (κ2) is 5.68. The molecule has 0 spiro atoms. The van der Waals surface area contributed by atoms with Gasteiger partial charge in [0.25, 0.3) is 5.91 Å². The van der Waals surface area contributed by atoms with Gasteiger partial charge in [-0.25, -0.2) is 0 Å². The number of carbonyl (C=O) groups is 1. The van der Waals surface area contributed by atoms with E-state index in [-0.39, 0.29) is 5.91 Å². The van der Waals surface area contributed by atoms with Gasteiger partial charge in [0, 0.05) is 12.1 Å². The average molecular weight is 290 g/mol. The maximum absolute atomic E-state index is 12.6. The first-order valence-corrected chi connectivity index (χ1v) is 7.64. The van der Waals surface area contributed by atoms with E-state index in [4.69, 9.17) is 10.5 Å². The first-order valence-electron chi connectivity index (χ1n) is 7.64. The third-order valence-corrected chi connectivity index (χ3v) is 3.69. The van der Waals surface area contributed by atoms with Gasteiger partial charge in [0.1, 0.15) is 5.75 Å². The van der Waals surface area contributed by atoms with Gasteiger partial charge in [0.15, 0.2) is 6.10 Å². The molecule has 0 saturated heterocycles. The van der Waals surface area contributed by atoms with E-state index < -0.39 is 11.6 Å². The van der Waals surface area contributed by atoms with Crippen LogP contribution in [0.2, 0.25) is 0 Å². The quantitative estimate of drug-likeness (QED) is 0.927. The molecule has 2 N–H and O–H groups in total. The van der Waals surface area contributed by atoms with Gasteiger partial charge in [-0.05, 0) is 43.9 Å². The number of fused-ring (bicyclic) bond motifs is 1. The van der Waals surface area contributed by atoms with E-state index in [9.17, 15) is 4.79 Å². The second-order valence-corrected chi connectivity index (χ2v) is 6.81. The number of hydrogen-bond donors (Lipinski definition) is 1. The van der Waals surface area contributed by atoms with Gasteiger partial charge in [0.05, 0.1) is 5.69 Å². The molecular weight excluding hydrogens is 264 g/mol. The Morgan fingerprint density at radius 1 is 1.38 bits per heavy atom. The fourth-order valence-corrected chi connectivity index (χ4v) is 2.53. The predicted octanol–water partition coefficient (Wildman–Crippen LogP) is 3.05. The molecule has 1 aliphatic rings. The van der Waals surface area contributed by atoms with E-state index in [0.717, 1.165) is 11.4 Å². The van der Waals surface area contributed by atoms with E-state index in [1.54, 1.807) is 4.90 Å². The summed E-state index contributed by atoms with van der Waals surface area (Å²) in [5.74, 6) is 1.18. The molecule has 1 amide bonds. The number of nitrogens with zero attached hydrogens (tertiary/aromatic N) is 1. The summed E-state index contributed by atoms with van der Waals surface area (Å²) in [5, 5.41) is 0. The van der Waals surface area contributed by atoms with Crippen molar-refractivity contribution in [1.29, 1.82) is 0 Å². The van der Waals surface area contributed by atoms with Crippen LogP contribution < -0.4 is 15.4 Å². The zero-order chi connectivity index (χ0) is 15.8. The lowest BCUT2D eigenvalue weighted by atomic mass is 9.99. The SMILES string of the molecule is CCC1Oc2ccc(C(C)C)cc2N(CC(C)(C)N)C1=O. The Morgan fingerprint density at radius 2 is 2.05 bits per heavy atom. The van der Waals surface area contributed by atoms with Gasteiger partial charge in [-0.1, -0.05) is 26.8 Å². The molecule has 4 heteroatoms. The van der Waals surface area contributed by atoms with Crippen molar-refractivity contribution >= 4 is 11.6 Å². The molecule has 4 nitrogen and oxygen atoms in total. The Kier molecular flexibility index (Phi) is 4.28. The molecule has 1 aromatic carbocycles. The van der Waals surface area contributed by atoms with Crippen LogP contribution in [0.3, 0.4) is 0 Å². The van der Waals surface area contributed by atoms with E-state index in [0.29, 0.717) is 18.9 Å². The summed E-state index contributed by atoms with van der Waals surface area (Å²) in [5.41, 5.74) is 7.72. The van der Waals surface area contributed by atoms with Crippen molar-refractivity contribution in [3.8, 4) is 5.75 Å². The van der Waals surface area contributed by atoms with Crippen LogP contribution in [0, 0.1) is 0 Å². The van der Waals surface area contributed by atoms with Gasteiger partial charge in [0.2, 0.25) is 0 Å². The molecule has 0 fully saturated rings. The summed E-state index contributed by atoms with van der Waals surface area (Å²) in [4.78, 5) is 14.4. The van der Waals surface area contributed by atoms with E-state index in [1.165, 1.54) is 5.56 Å². The lowest BCUT2D eigenvalue weighted by Crippen LogP contribution is -2.53. The normalized spacial score (nSPS) is 18.7. The number of ether oxygens (including phenoxy) is 1. The zero-order valence-electron chi connectivity index (χ0n) is 13.6. The molecule has 0 bridgehead atoms. The van der Waals surface area contributed by atoms with Crippen LogP contribution in [-0.4, -0.2) is 24.1 Å². The van der Waals surface area contributed by atoms with Crippen LogP contribution in [0.4, 0.5) is 5.69 Å². The number of benzene rings is 1. The van der Waals surface area contributed by atoms with Crippen LogP contribution in [-0.2, 0) is 4.79 Å². The Morgan fingerprint density at radius 3 is 2.57 bits per heavy atom. The summed E-state index contributed by atoms with van der Waals surface area (Å²) in [6.45, 7) is 10.6. The molecule has 116 valence electrons. The number of amides is 1. The number of rotatable bonds is 4. The predicted molar refractivity (Wildman–Crippen MR) is 85.9 cm³/mol. The summed E-state index contributed by atoms with van der Waals surface area (Å²) in [7, 11) is 0. The molecule has 1 heterocycles. The molecular formula is C17H26N2O2. The highest BCUT2D eigenvalue weighted by Crippen LogP contribution is 2.37. The highest BCUT2D eigenvalue weighted by molar-refractivity contribution is 6.00. The standard InChI is InChI=1S/C17H26N2O2/c1-6-14-16(20)19(10-17(4,5)18)13-9-12(11(2)3)7-8-15(13)21-14/h7-9,11,14H,6,10,18H2,1-5H3. The minimum atomic E-state index is -0.448. The van der Waals surface area contributed by atoms with Crippen molar-refractivity contribution < 1.29 is 9.53 Å². The lowest BCUT2D eigenvalue weighted by molar-refractivity contribution is -0.126. The van der Waals surface area contributed by atoms with Crippen LogP contribution in [0.5, 0.6) is 5.75 Å². The summed E-state index contributed by atoms with van der Waals surface area (Å²) in [6.07, 6.45) is 0.246. The van der Waals surface area contributed by atoms with Crippen molar-refractivity contribution in [3.05, 3.63) is 23.8 Å². The molecule has 2 rings (SSSR count). The lowest BCUT2D eigenvalue weighted by Gasteiger charge is -2.37. The third kappa shape index (κ3) is 3.38. The first kappa shape index (κ1) is 15.8. The summed E-state index contributed by atoms with van der Waals surface area (Å²) >= 11 is 0. The van der Waals surface area contributed by atoms with Gasteiger partial charge in [-0.15, -0.1) is 0 Å². The fraction of sp³-hybridized carbons (Fsp3) is 0.588. The van der Waals surface area contributed by atoms with E-state index in [1.807, 2.05) is 26.8 Å². The van der Waals surface area contributed by atoms with Crippen LogP contribution in [0.1, 0.15) is 52.5 Å². The average Bonchev–Trinajstić information content (AvgIpc) is 2.39. The minimum Gasteiger partial charge on any atom is -0.478 e. The van der Waals surface area contributed by atoms with Crippen molar-refractivity contribution in [2.45, 2.75) is 58.6 Å². The van der Waals surface area contributed by atoms with Crippen molar-refractivity contribution in [1.82, 2.24) is 0 Å². The fourth-order valence-electron chi connectivity index (χ4n) is 2.53. The first-order chi connectivity index (χ1) is 9.73. The molecule has 1 aromatic rings. The number of carbonyl (C=O) groups excluding carboxylic acids is 1. The number of nitrogens with two attached hydrogens (primary N) is 1. The van der Waals surface area contributed by atoms with Gasteiger partial charge >= 0.3 is 0 Å². The minimum absolute atomic E-state index is 0.00410. The number of anilines is 1. The molecule has 0 aliphatic carbocycles. The molecule has 0 saturated carbocycles. The maximum atomic E-state index is 12.6. The Hall–Kier alpha value is -1.55. The van der Waals surface area contributed by atoms with Crippen LogP contribution in [0.25, 0.3) is 0 Å². The molecule has 1 aliphatic heterocycles. The maximum Gasteiger partial charge on any atom is 0.268 e. The zero-order valence-corrected chi connectivity index (χ0v) is 13.6.